The highest BCUT2D eigenvalue weighted by Crippen LogP contribution is 2.19. The van der Waals surface area contributed by atoms with E-state index in [1.165, 1.54) is 11.8 Å². The predicted molar refractivity (Wildman–Crippen MR) is 74.9 cm³/mol. The molecule has 0 aliphatic carbocycles. The molecule has 1 aliphatic rings. The van der Waals surface area contributed by atoms with E-state index in [4.69, 9.17) is 15.9 Å². The number of hydrogen-bond donors (Lipinski definition) is 4. The maximum Gasteiger partial charge on any atom is 0.327 e. The molecule has 2 unspecified atom stereocenters. The molecule has 0 aromatic rings. The summed E-state index contributed by atoms with van der Waals surface area (Å²) in [6.45, 7) is 0. The molecule has 0 aromatic carbocycles. The van der Waals surface area contributed by atoms with Gasteiger partial charge in [-0.15, -0.1) is 0 Å². The van der Waals surface area contributed by atoms with Crippen molar-refractivity contribution in [2.45, 2.75) is 31.3 Å². The smallest absolute Gasteiger partial charge is 0.327 e. The molecule has 8 nitrogen and oxygen atoms in total. The van der Waals surface area contributed by atoms with Crippen LogP contribution in [0.4, 0.5) is 0 Å². The van der Waals surface area contributed by atoms with E-state index in [1.54, 1.807) is 0 Å². The molecule has 1 amide bonds. The lowest BCUT2D eigenvalue weighted by Gasteiger charge is -2.13. The van der Waals surface area contributed by atoms with Crippen LogP contribution in [0.15, 0.2) is 0 Å². The summed E-state index contributed by atoms with van der Waals surface area (Å²) < 4.78 is 0. The lowest BCUT2D eigenvalue weighted by Crippen LogP contribution is -2.43. The average molecular weight is 318 g/mol. The third-order valence-electron chi connectivity index (χ3n) is 3.11. The lowest BCUT2D eigenvalue weighted by atomic mass is 9.99. The highest BCUT2D eigenvalue weighted by molar-refractivity contribution is 7.99. The normalized spacial score (nSPS) is 23.8. The number of carboxylic acids is 2. The van der Waals surface area contributed by atoms with E-state index in [1.807, 2.05) is 0 Å². The van der Waals surface area contributed by atoms with Crippen LogP contribution in [0, 0.1) is 5.92 Å². The molecule has 0 saturated carbocycles. The van der Waals surface area contributed by atoms with Crippen LogP contribution in [0.3, 0.4) is 0 Å². The SMILES string of the molecule is N[C@@H](CCC(=O)CC1CSCC(C(=O)O)NC1=O)C(=O)O. The molecule has 1 heterocycles. The Hall–Kier alpha value is -1.61. The van der Waals surface area contributed by atoms with Gasteiger partial charge in [0.25, 0.3) is 0 Å². The maximum absolute atomic E-state index is 11.9. The molecule has 3 atom stereocenters. The fraction of sp³-hybridized carbons (Fsp3) is 0.667. The van der Waals surface area contributed by atoms with E-state index in [9.17, 15) is 19.2 Å². The Balaban J connectivity index is 2.46. The quantitative estimate of drug-likeness (QED) is 0.471. The van der Waals surface area contributed by atoms with Crippen molar-refractivity contribution in [3.05, 3.63) is 0 Å². The Bertz CT molecular complexity index is 441. The van der Waals surface area contributed by atoms with Crippen LogP contribution in [0.2, 0.25) is 0 Å². The monoisotopic (exact) mass is 318 g/mol. The van der Waals surface area contributed by atoms with E-state index < -0.39 is 35.8 Å². The summed E-state index contributed by atoms with van der Waals surface area (Å²) in [6, 6.07) is -2.04. The Kier molecular flexibility index (Phi) is 6.63. The molecule has 0 bridgehead atoms. The highest BCUT2D eigenvalue weighted by atomic mass is 32.2. The Morgan fingerprint density at radius 3 is 2.57 bits per heavy atom. The summed E-state index contributed by atoms with van der Waals surface area (Å²) in [5.41, 5.74) is 5.30. The molecule has 0 aromatic heterocycles. The number of ketones is 1. The van der Waals surface area contributed by atoms with E-state index in [0.29, 0.717) is 5.75 Å². The molecule has 1 saturated heterocycles. The fourth-order valence-corrected chi connectivity index (χ4v) is 2.99. The third kappa shape index (κ3) is 5.72. The number of aliphatic carboxylic acids is 2. The number of rotatable bonds is 7. The Morgan fingerprint density at radius 2 is 2.00 bits per heavy atom. The van der Waals surface area contributed by atoms with E-state index in [2.05, 4.69) is 5.32 Å². The van der Waals surface area contributed by atoms with Crippen molar-refractivity contribution in [2.75, 3.05) is 11.5 Å². The van der Waals surface area contributed by atoms with Crippen molar-refractivity contribution in [3.8, 4) is 0 Å². The van der Waals surface area contributed by atoms with Crippen molar-refractivity contribution in [1.82, 2.24) is 5.32 Å². The van der Waals surface area contributed by atoms with Crippen LogP contribution in [0.5, 0.6) is 0 Å². The summed E-state index contributed by atoms with van der Waals surface area (Å²) in [5.74, 6) is -2.94. The zero-order valence-corrected chi connectivity index (χ0v) is 12.1. The second kappa shape index (κ2) is 7.99. The highest BCUT2D eigenvalue weighted by Gasteiger charge is 2.30. The number of nitrogens with two attached hydrogens (primary N) is 1. The summed E-state index contributed by atoms with van der Waals surface area (Å²) in [7, 11) is 0. The Morgan fingerprint density at radius 1 is 1.33 bits per heavy atom. The molecule has 1 rings (SSSR count). The molecule has 1 fully saturated rings. The van der Waals surface area contributed by atoms with Crippen molar-refractivity contribution in [2.24, 2.45) is 11.7 Å². The van der Waals surface area contributed by atoms with Crippen LogP contribution in [0.25, 0.3) is 0 Å². The summed E-state index contributed by atoms with van der Waals surface area (Å²) in [5, 5.41) is 19.9. The van der Waals surface area contributed by atoms with Gasteiger partial charge in [0.05, 0.1) is 5.92 Å². The average Bonchev–Trinajstić information content (AvgIpc) is 2.58. The van der Waals surface area contributed by atoms with Gasteiger partial charge in [0.15, 0.2) is 0 Å². The maximum atomic E-state index is 11.9. The van der Waals surface area contributed by atoms with Crippen molar-refractivity contribution in [1.29, 1.82) is 0 Å². The van der Waals surface area contributed by atoms with Gasteiger partial charge >= 0.3 is 11.9 Å². The lowest BCUT2D eigenvalue weighted by molar-refractivity contribution is -0.141. The number of nitrogens with one attached hydrogen (secondary N) is 1. The molecular formula is C12H18N2O6S. The van der Waals surface area contributed by atoms with Gasteiger partial charge in [0.2, 0.25) is 5.91 Å². The first-order valence-corrected chi connectivity index (χ1v) is 7.57. The summed E-state index contributed by atoms with van der Waals surface area (Å²) >= 11 is 1.30. The molecule has 118 valence electrons. The molecule has 0 spiro atoms. The number of carbonyl (C=O) groups excluding carboxylic acids is 2. The van der Waals surface area contributed by atoms with Gasteiger partial charge in [-0.1, -0.05) is 0 Å². The largest absolute Gasteiger partial charge is 0.480 e. The van der Waals surface area contributed by atoms with Gasteiger partial charge in [0, 0.05) is 24.3 Å². The molecule has 0 radical (unpaired) electrons. The van der Waals surface area contributed by atoms with Gasteiger partial charge in [-0.25, -0.2) is 4.79 Å². The van der Waals surface area contributed by atoms with Gasteiger partial charge < -0.3 is 21.3 Å². The van der Waals surface area contributed by atoms with E-state index >= 15 is 0 Å². The molecule has 21 heavy (non-hydrogen) atoms. The number of thioether (sulfide) groups is 1. The van der Waals surface area contributed by atoms with Gasteiger partial charge in [-0.05, 0) is 6.42 Å². The number of carbonyl (C=O) groups is 4. The minimum absolute atomic E-state index is 0.00965. The second-order valence-electron chi connectivity index (χ2n) is 4.86. The first-order valence-electron chi connectivity index (χ1n) is 6.42. The van der Waals surface area contributed by atoms with Crippen LogP contribution in [-0.4, -0.2) is 57.4 Å². The first-order chi connectivity index (χ1) is 9.81. The van der Waals surface area contributed by atoms with E-state index in [-0.39, 0.29) is 30.8 Å². The first kappa shape index (κ1) is 17.4. The predicted octanol–water partition coefficient (Wildman–Crippen LogP) is -0.930. The number of amides is 1. The number of carboxylic acid groups (broad SMARTS) is 2. The van der Waals surface area contributed by atoms with Gasteiger partial charge in [-0.3, -0.25) is 14.4 Å². The molecule has 5 N–H and O–H groups in total. The van der Waals surface area contributed by atoms with Crippen molar-refractivity contribution in [3.63, 3.8) is 0 Å². The van der Waals surface area contributed by atoms with Crippen LogP contribution in [0.1, 0.15) is 19.3 Å². The second-order valence-corrected chi connectivity index (χ2v) is 5.93. The van der Waals surface area contributed by atoms with Gasteiger partial charge in [0.1, 0.15) is 17.9 Å². The molecule has 9 heteroatoms. The number of hydrogen-bond acceptors (Lipinski definition) is 6. The molecular weight excluding hydrogens is 300 g/mol. The standard InChI is InChI=1S/C12H18N2O6S/c13-8(11(17)18)2-1-7(15)3-6-4-21-5-9(12(19)20)14-10(6)16/h6,8-9H,1-5,13H2,(H,14,16)(H,17,18)(H,19,20)/t6?,8-,9?/m0/s1. The van der Waals surface area contributed by atoms with Gasteiger partial charge in [-0.2, -0.15) is 11.8 Å². The van der Waals surface area contributed by atoms with E-state index in [0.717, 1.165) is 0 Å². The number of Topliss-reactive ketones (excluding diaryl/α,β-unsaturated/α-hetero) is 1. The van der Waals surface area contributed by atoms with Crippen LogP contribution >= 0.6 is 11.8 Å². The minimum Gasteiger partial charge on any atom is -0.480 e. The zero-order valence-electron chi connectivity index (χ0n) is 11.3. The molecule has 1 aliphatic heterocycles. The Labute approximate surface area is 125 Å². The summed E-state index contributed by atoms with van der Waals surface area (Å²) in [4.78, 5) is 45.0. The van der Waals surface area contributed by atoms with Crippen LogP contribution in [-0.2, 0) is 19.2 Å². The fourth-order valence-electron chi connectivity index (χ4n) is 1.84. The van der Waals surface area contributed by atoms with Crippen molar-refractivity contribution < 1.29 is 29.4 Å². The summed E-state index contributed by atoms with van der Waals surface area (Å²) in [6.07, 6.45) is -0.0187. The third-order valence-corrected chi connectivity index (χ3v) is 4.32. The topological polar surface area (TPSA) is 147 Å². The van der Waals surface area contributed by atoms with Crippen molar-refractivity contribution >= 4 is 35.4 Å². The zero-order chi connectivity index (χ0) is 16.0. The van der Waals surface area contributed by atoms with Crippen LogP contribution < -0.4 is 11.1 Å². The minimum atomic E-state index is -1.17.